The lowest BCUT2D eigenvalue weighted by atomic mass is 9.95. The van der Waals surface area contributed by atoms with Gasteiger partial charge in [-0.2, -0.15) is 0 Å². The Hall–Kier alpha value is -1.05. The van der Waals surface area contributed by atoms with Crippen molar-refractivity contribution in [2.24, 2.45) is 0 Å². The summed E-state index contributed by atoms with van der Waals surface area (Å²) in [5, 5.41) is 0.155. The van der Waals surface area contributed by atoms with Crippen LogP contribution >= 0.6 is 0 Å². The van der Waals surface area contributed by atoms with E-state index < -0.39 is 14.1 Å². The summed E-state index contributed by atoms with van der Waals surface area (Å²) >= 11 is 0. The largest absolute Gasteiger partial charge is 0.411 e. The Morgan fingerprint density at radius 1 is 1.09 bits per heavy atom. The van der Waals surface area contributed by atoms with E-state index in [9.17, 15) is 4.79 Å². The summed E-state index contributed by atoms with van der Waals surface area (Å²) in [6.45, 7) is 12.9. The molecule has 6 heteroatoms. The van der Waals surface area contributed by atoms with Gasteiger partial charge in [0.25, 0.3) is 0 Å². The summed E-state index contributed by atoms with van der Waals surface area (Å²) in [5.41, 5.74) is 1.22. The maximum Gasteiger partial charge on any atom is 0.192 e. The standard InChI is InChI=1S/C27H44O5Si/c1-26(2,3)33(4,5)32-24-16-17-27(18-19-28)30-23(25(24)31-27)15-11-6-7-12-20-29-21-22-13-9-8-10-14-22/h8-10,13-14,19,23-25H,6-7,11-12,15-18,20-21H2,1-5H3/t23-,24+,25-,27+/m0/s1. The first kappa shape index (κ1) is 26.5. The van der Waals surface area contributed by atoms with Crippen LogP contribution in [0.5, 0.6) is 0 Å². The van der Waals surface area contributed by atoms with Crippen molar-refractivity contribution in [1.82, 2.24) is 0 Å². The van der Waals surface area contributed by atoms with Crippen LogP contribution in [-0.2, 0) is 30.0 Å². The van der Waals surface area contributed by atoms with E-state index in [-0.39, 0.29) is 23.4 Å². The van der Waals surface area contributed by atoms with Crippen molar-refractivity contribution in [3.8, 4) is 0 Å². The molecule has 1 aromatic carbocycles. The van der Waals surface area contributed by atoms with E-state index in [0.717, 1.165) is 57.8 Å². The van der Waals surface area contributed by atoms with Crippen LogP contribution < -0.4 is 0 Å². The second kappa shape index (κ2) is 11.6. The number of benzene rings is 1. The highest BCUT2D eigenvalue weighted by Crippen LogP contribution is 2.47. The summed E-state index contributed by atoms with van der Waals surface area (Å²) < 4.78 is 25.3. The molecule has 186 valence electrons. The summed E-state index contributed by atoms with van der Waals surface area (Å²) in [6.07, 6.45) is 8.30. The highest BCUT2D eigenvalue weighted by Gasteiger charge is 2.55. The number of hydrogen-bond acceptors (Lipinski definition) is 5. The van der Waals surface area contributed by atoms with E-state index in [0.29, 0.717) is 13.0 Å². The molecule has 2 bridgehead atoms. The number of carbonyl (C=O) groups is 1. The summed E-state index contributed by atoms with van der Waals surface area (Å²) in [5.74, 6) is -0.727. The fraction of sp³-hybridized carbons (Fsp3) is 0.741. The smallest absolute Gasteiger partial charge is 0.192 e. The number of carbonyl (C=O) groups excluding carboxylic acids is 1. The van der Waals surface area contributed by atoms with Gasteiger partial charge in [-0.05, 0) is 43.0 Å². The highest BCUT2D eigenvalue weighted by molar-refractivity contribution is 6.74. The SMILES string of the molecule is CC(C)(C)[Si](C)(C)O[C@@H]1CC[C@]2(CC=O)O[C@H]1[C@H](CCCCCCOCc1ccccc1)O2. The van der Waals surface area contributed by atoms with Gasteiger partial charge in [-0.25, -0.2) is 0 Å². The van der Waals surface area contributed by atoms with Crippen LogP contribution in [0, 0.1) is 0 Å². The van der Waals surface area contributed by atoms with Gasteiger partial charge < -0.3 is 23.4 Å². The summed E-state index contributed by atoms with van der Waals surface area (Å²) in [6, 6.07) is 10.3. The van der Waals surface area contributed by atoms with Crippen LogP contribution in [0.25, 0.3) is 0 Å². The summed E-state index contributed by atoms with van der Waals surface area (Å²) in [4.78, 5) is 11.3. The number of unbranched alkanes of at least 4 members (excludes halogenated alkanes) is 3. The molecule has 33 heavy (non-hydrogen) atoms. The van der Waals surface area contributed by atoms with Crippen LogP contribution in [0.15, 0.2) is 30.3 Å². The third-order valence-electron chi connectivity index (χ3n) is 7.55. The summed E-state index contributed by atoms with van der Waals surface area (Å²) in [7, 11) is -1.90. The van der Waals surface area contributed by atoms with Crippen molar-refractivity contribution in [1.29, 1.82) is 0 Å². The Balaban J connectivity index is 1.43. The molecular weight excluding hydrogens is 432 g/mol. The molecule has 0 saturated carbocycles. The Morgan fingerprint density at radius 2 is 1.82 bits per heavy atom. The third kappa shape index (κ3) is 7.22. The number of aldehydes is 1. The molecule has 2 aliphatic heterocycles. The average molecular weight is 477 g/mol. The van der Waals surface area contributed by atoms with E-state index in [2.05, 4.69) is 46.0 Å². The molecule has 5 nitrogen and oxygen atoms in total. The predicted molar refractivity (Wildman–Crippen MR) is 134 cm³/mol. The maximum atomic E-state index is 11.3. The molecule has 2 saturated heterocycles. The van der Waals surface area contributed by atoms with Crippen molar-refractivity contribution in [3.05, 3.63) is 35.9 Å². The van der Waals surface area contributed by atoms with E-state index >= 15 is 0 Å². The Labute approximate surface area is 201 Å². The number of ether oxygens (including phenoxy) is 3. The van der Waals surface area contributed by atoms with Gasteiger partial charge in [0.05, 0.1) is 25.2 Å². The van der Waals surface area contributed by atoms with Crippen molar-refractivity contribution >= 4 is 14.6 Å². The zero-order chi connectivity index (χ0) is 24.0. The minimum Gasteiger partial charge on any atom is -0.411 e. The molecule has 0 radical (unpaired) electrons. The molecule has 4 atom stereocenters. The zero-order valence-corrected chi connectivity index (χ0v) is 22.3. The van der Waals surface area contributed by atoms with Crippen molar-refractivity contribution in [2.45, 2.75) is 121 Å². The molecule has 2 fully saturated rings. The minimum absolute atomic E-state index is 0.0107. The molecule has 2 aliphatic rings. The highest BCUT2D eigenvalue weighted by atomic mass is 28.4. The van der Waals surface area contributed by atoms with Gasteiger partial charge in [-0.1, -0.05) is 70.4 Å². The first-order chi connectivity index (χ1) is 15.7. The Bertz CT molecular complexity index is 732. The van der Waals surface area contributed by atoms with Crippen LogP contribution in [0.4, 0.5) is 0 Å². The Morgan fingerprint density at radius 3 is 2.52 bits per heavy atom. The van der Waals surface area contributed by atoms with Gasteiger partial charge in [0.15, 0.2) is 14.1 Å². The average Bonchev–Trinajstić information content (AvgIpc) is 3.05. The normalized spacial score (nSPS) is 27.6. The molecule has 2 heterocycles. The van der Waals surface area contributed by atoms with Crippen molar-refractivity contribution in [3.63, 3.8) is 0 Å². The van der Waals surface area contributed by atoms with Gasteiger partial charge >= 0.3 is 0 Å². The van der Waals surface area contributed by atoms with Crippen LogP contribution in [-0.4, -0.2) is 45.3 Å². The van der Waals surface area contributed by atoms with E-state index in [1.165, 1.54) is 5.56 Å². The molecule has 0 aromatic heterocycles. The molecule has 0 aliphatic carbocycles. The topological polar surface area (TPSA) is 54.0 Å². The van der Waals surface area contributed by atoms with E-state index in [1.54, 1.807) is 0 Å². The molecule has 0 N–H and O–H groups in total. The van der Waals surface area contributed by atoms with Crippen LogP contribution in [0.2, 0.25) is 18.1 Å². The van der Waals surface area contributed by atoms with Gasteiger partial charge in [-0.15, -0.1) is 0 Å². The van der Waals surface area contributed by atoms with Crippen LogP contribution in [0.1, 0.15) is 77.7 Å². The number of hydrogen-bond donors (Lipinski definition) is 0. The second-order valence-corrected chi connectivity index (χ2v) is 16.0. The third-order valence-corrected chi connectivity index (χ3v) is 12.0. The zero-order valence-electron chi connectivity index (χ0n) is 21.3. The molecular formula is C27H44O5Si. The quantitative estimate of drug-likeness (QED) is 0.187. The molecule has 1 aromatic rings. The van der Waals surface area contributed by atoms with Crippen molar-refractivity contribution in [2.75, 3.05) is 6.61 Å². The number of fused-ring (bicyclic) bond motifs is 2. The number of rotatable bonds is 13. The lowest BCUT2D eigenvalue weighted by Crippen LogP contribution is -2.51. The van der Waals surface area contributed by atoms with Gasteiger partial charge in [0, 0.05) is 13.0 Å². The van der Waals surface area contributed by atoms with Crippen molar-refractivity contribution < 1.29 is 23.4 Å². The van der Waals surface area contributed by atoms with Gasteiger partial charge in [0.2, 0.25) is 0 Å². The first-order valence-corrected chi connectivity index (χ1v) is 15.7. The lowest BCUT2D eigenvalue weighted by Gasteiger charge is -2.43. The van der Waals surface area contributed by atoms with E-state index in [4.69, 9.17) is 18.6 Å². The fourth-order valence-corrected chi connectivity index (χ4v) is 5.91. The molecule has 3 rings (SSSR count). The second-order valence-electron chi connectivity index (χ2n) is 11.2. The van der Waals surface area contributed by atoms with Crippen LogP contribution in [0.3, 0.4) is 0 Å². The predicted octanol–water partition coefficient (Wildman–Crippen LogP) is 6.41. The minimum atomic E-state index is -1.90. The molecule has 0 unspecified atom stereocenters. The lowest BCUT2D eigenvalue weighted by molar-refractivity contribution is -0.209. The van der Waals surface area contributed by atoms with Gasteiger partial charge in [0.1, 0.15) is 12.4 Å². The maximum absolute atomic E-state index is 11.3. The van der Waals surface area contributed by atoms with Gasteiger partial charge in [-0.3, -0.25) is 0 Å². The molecule has 0 amide bonds. The molecule has 0 spiro atoms. The fourth-order valence-electron chi connectivity index (χ4n) is 4.55. The monoisotopic (exact) mass is 476 g/mol. The first-order valence-electron chi connectivity index (χ1n) is 12.7. The Kier molecular flexibility index (Phi) is 9.32. The van der Waals surface area contributed by atoms with E-state index in [1.807, 2.05) is 18.2 Å².